The Morgan fingerprint density at radius 1 is 1.39 bits per heavy atom. The van der Waals surface area contributed by atoms with Crippen LogP contribution in [0.15, 0.2) is 18.2 Å². The Hall–Kier alpha value is -1.06. The Morgan fingerprint density at radius 2 is 2.22 bits per heavy atom. The van der Waals surface area contributed by atoms with E-state index >= 15 is 0 Å². The minimum absolute atomic E-state index is 0.327. The summed E-state index contributed by atoms with van der Waals surface area (Å²) in [6.07, 6.45) is 1.04. The van der Waals surface area contributed by atoms with Crippen molar-refractivity contribution < 1.29 is 9.47 Å². The average Bonchev–Trinajstić information content (AvgIpc) is 2.80. The van der Waals surface area contributed by atoms with Crippen LogP contribution in [0.1, 0.15) is 31.0 Å². The zero-order valence-corrected chi connectivity index (χ0v) is 11.2. The molecule has 1 fully saturated rings. The maximum atomic E-state index is 5.54. The normalized spacial score (nSPS) is 21.9. The molecule has 2 aliphatic rings. The van der Waals surface area contributed by atoms with E-state index in [-0.39, 0.29) is 0 Å². The van der Waals surface area contributed by atoms with Gasteiger partial charge in [-0.2, -0.15) is 0 Å². The minimum Gasteiger partial charge on any atom is -0.493 e. The van der Waals surface area contributed by atoms with E-state index in [9.17, 15) is 0 Å². The van der Waals surface area contributed by atoms with E-state index in [4.69, 9.17) is 9.47 Å². The van der Waals surface area contributed by atoms with Gasteiger partial charge in [-0.15, -0.1) is 0 Å². The summed E-state index contributed by atoms with van der Waals surface area (Å²) in [7, 11) is 0. The topological polar surface area (TPSA) is 30.5 Å². The van der Waals surface area contributed by atoms with Crippen molar-refractivity contribution in [2.45, 2.75) is 26.3 Å². The van der Waals surface area contributed by atoms with E-state index < -0.39 is 0 Å². The summed E-state index contributed by atoms with van der Waals surface area (Å²) in [6.45, 7) is 8.10. The van der Waals surface area contributed by atoms with E-state index in [0.717, 1.165) is 38.5 Å². The van der Waals surface area contributed by atoms with Gasteiger partial charge in [0.15, 0.2) is 0 Å². The number of hydrogen-bond acceptors (Lipinski definition) is 3. The fraction of sp³-hybridized carbons (Fsp3) is 0.600. The predicted octanol–water partition coefficient (Wildman–Crippen LogP) is 2.31. The molecule has 18 heavy (non-hydrogen) atoms. The molecule has 3 nitrogen and oxygen atoms in total. The molecule has 2 aliphatic heterocycles. The highest BCUT2D eigenvalue weighted by Crippen LogP contribution is 2.29. The third-order valence-electron chi connectivity index (χ3n) is 3.95. The fourth-order valence-corrected chi connectivity index (χ4v) is 2.55. The smallest absolute Gasteiger partial charge is 0.122 e. The lowest BCUT2D eigenvalue weighted by molar-refractivity contribution is -0.0999. The van der Waals surface area contributed by atoms with Crippen LogP contribution in [0.4, 0.5) is 0 Å². The Morgan fingerprint density at radius 3 is 2.94 bits per heavy atom. The zero-order chi connectivity index (χ0) is 12.6. The number of nitrogens with one attached hydrogen (secondary N) is 1. The molecule has 1 aromatic carbocycles. The molecule has 0 amide bonds. The summed E-state index contributed by atoms with van der Waals surface area (Å²) in [5, 5.41) is 3.61. The van der Waals surface area contributed by atoms with Crippen molar-refractivity contribution in [3.05, 3.63) is 29.3 Å². The minimum atomic E-state index is 0.327. The first kappa shape index (κ1) is 12.0. The van der Waals surface area contributed by atoms with Gasteiger partial charge in [0, 0.05) is 24.4 Å². The van der Waals surface area contributed by atoms with Gasteiger partial charge in [0.25, 0.3) is 0 Å². The van der Waals surface area contributed by atoms with Crippen LogP contribution in [0.2, 0.25) is 0 Å². The maximum Gasteiger partial charge on any atom is 0.122 e. The molecule has 0 aliphatic carbocycles. The van der Waals surface area contributed by atoms with Gasteiger partial charge < -0.3 is 14.8 Å². The standard InChI is InChI=1S/C15H21NO2/c1-11(16-8-15(2)9-17-10-15)12-3-4-14-13(7-12)5-6-18-14/h3-4,7,11,16H,5-6,8-10H2,1-2H3. The van der Waals surface area contributed by atoms with Crippen LogP contribution in [0.5, 0.6) is 5.75 Å². The van der Waals surface area contributed by atoms with Crippen LogP contribution in [0, 0.1) is 5.41 Å². The van der Waals surface area contributed by atoms with E-state index in [1.54, 1.807) is 0 Å². The second kappa shape index (κ2) is 4.56. The van der Waals surface area contributed by atoms with Crippen LogP contribution in [-0.2, 0) is 11.2 Å². The number of ether oxygens (including phenoxy) is 2. The zero-order valence-electron chi connectivity index (χ0n) is 11.2. The quantitative estimate of drug-likeness (QED) is 0.885. The number of fused-ring (bicyclic) bond motifs is 1. The van der Waals surface area contributed by atoms with Gasteiger partial charge in [0.1, 0.15) is 5.75 Å². The van der Waals surface area contributed by atoms with Crippen LogP contribution in [0.3, 0.4) is 0 Å². The highest BCUT2D eigenvalue weighted by atomic mass is 16.5. The molecule has 3 rings (SSSR count). The Labute approximate surface area is 108 Å². The number of benzene rings is 1. The fourth-order valence-electron chi connectivity index (χ4n) is 2.55. The monoisotopic (exact) mass is 247 g/mol. The SMILES string of the molecule is CC(NCC1(C)COC1)c1ccc2c(c1)CCO2. The first-order chi connectivity index (χ1) is 8.66. The van der Waals surface area contributed by atoms with Crippen molar-refractivity contribution in [1.82, 2.24) is 5.32 Å². The molecule has 0 spiro atoms. The third kappa shape index (κ3) is 2.25. The molecule has 1 atom stereocenters. The lowest BCUT2D eigenvalue weighted by Gasteiger charge is -2.39. The molecule has 1 saturated heterocycles. The summed E-state index contributed by atoms with van der Waals surface area (Å²) < 4.78 is 10.8. The van der Waals surface area contributed by atoms with Gasteiger partial charge in [-0.1, -0.05) is 19.1 Å². The summed E-state index contributed by atoms with van der Waals surface area (Å²) in [5.74, 6) is 1.06. The highest BCUT2D eigenvalue weighted by molar-refractivity contribution is 5.40. The molecule has 0 radical (unpaired) electrons. The van der Waals surface area contributed by atoms with Crippen LogP contribution < -0.4 is 10.1 Å². The van der Waals surface area contributed by atoms with Gasteiger partial charge in [-0.3, -0.25) is 0 Å². The van der Waals surface area contributed by atoms with Crippen LogP contribution >= 0.6 is 0 Å². The highest BCUT2D eigenvalue weighted by Gasteiger charge is 2.33. The van der Waals surface area contributed by atoms with E-state index in [1.807, 2.05) is 0 Å². The Kier molecular flexibility index (Phi) is 3.04. The van der Waals surface area contributed by atoms with Crippen molar-refractivity contribution in [2.75, 3.05) is 26.4 Å². The Balaban J connectivity index is 1.63. The lowest BCUT2D eigenvalue weighted by atomic mass is 9.88. The molecule has 0 aromatic heterocycles. The maximum absolute atomic E-state index is 5.54. The van der Waals surface area contributed by atoms with Crippen LogP contribution in [-0.4, -0.2) is 26.4 Å². The molecule has 2 heterocycles. The van der Waals surface area contributed by atoms with Gasteiger partial charge in [-0.25, -0.2) is 0 Å². The molecule has 1 unspecified atom stereocenters. The predicted molar refractivity (Wildman–Crippen MR) is 71.0 cm³/mol. The molecule has 0 bridgehead atoms. The van der Waals surface area contributed by atoms with E-state index in [2.05, 4.69) is 37.4 Å². The van der Waals surface area contributed by atoms with E-state index in [0.29, 0.717) is 11.5 Å². The summed E-state index contributed by atoms with van der Waals surface area (Å²) in [5.41, 5.74) is 3.02. The molecule has 98 valence electrons. The van der Waals surface area contributed by atoms with Crippen molar-refractivity contribution >= 4 is 0 Å². The molecule has 0 saturated carbocycles. The number of hydrogen-bond donors (Lipinski definition) is 1. The molecular weight excluding hydrogens is 226 g/mol. The van der Waals surface area contributed by atoms with Gasteiger partial charge in [0.2, 0.25) is 0 Å². The molecular formula is C15H21NO2. The van der Waals surface area contributed by atoms with E-state index in [1.165, 1.54) is 11.1 Å². The lowest BCUT2D eigenvalue weighted by Crippen LogP contribution is -2.47. The van der Waals surface area contributed by atoms with Gasteiger partial charge in [-0.05, 0) is 24.1 Å². The van der Waals surface area contributed by atoms with Crippen molar-refractivity contribution in [1.29, 1.82) is 0 Å². The second-order valence-electron chi connectivity index (χ2n) is 5.87. The molecule has 1 N–H and O–H groups in total. The molecule has 3 heteroatoms. The second-order valence-corrected chi connectivity index (χ2v) is 5.87. The largest absolute Gasteiger partial charge is 0.493 e. The summed E-state index contributed by atoms with van der Waals surface area (Å²) in [4.78, 5) is 0. The average molecular weight is 247 g/mol. The van der Waals surface area contributed by atoms with Crippen molar-refractivity contribution in [2.24, 2.45) is 5.41 Å². The van der Waals surface area contributed by atoms with Crippen LogP contribution in [0.25, 0.3) is 0 Å². The third-order valence-corrected chi connectivity index (χ3v) is 3.95. The van der Waals surface area contributed by atoms with Gasteiger partial charge in [0.05, 0.1) is 19.8 Å². The van der Waals surface area contributed by atoms with Crippen molar-refractivity contribution in [3.63, 3.8) is 0 Å². The Bertz CT molecular complexity index is 440. The first-order valence-electron chi connectivity index (χ1n) is 6.73. The first-order valence-corrected chi connectivity index (χ1v) is 6.73. The van der Waals surface area contributed by atoms with Gasteiger partial charge >= 0.3 is 0 Å². The summed E-state index contributed by atoms with van der Waals surface area (Å²) in [6, 6.07) is 6.93. The number of rotatable bonds is 4. The molecule has 1 aromatic rings. The summed E-state index contributed by atoms with van der Waals surface area (Å²) >= 11 is 0. The van der Waals surface area contributed by atoms with Crippen molar-refractivity contribution in [3.8, 4) is 5.75 Å².